The number of thiocarbonyl (C=S) groups is 1. The number of nitrogens with zero attached hydrogens (tertiary/aromatic N) is 4. The number of carbonyl (C=O) groups is 1. The predicted molar refractivity (Wildman–Crippen MR) is 85.9 cm³/mol. The largest absolute Gasteiger partial charge is 0.364 e. The van der Waals surface area contributed by atoms with E-state index in [2.05, 4.69) is 31.2 Å². The van der Waals surface area contributed by atoms with Crippen LogP contribution in [0.3, 0.4) is 0 Å². The summed E-state index contributed by atoms with van der Waals surface area (Å²) in [5.41, 5.74) is 1.42. The molecule has 0 spiro atoms. The van der Waals surface area contributed by atoms with E-state index in [4.69, 9.17) is 12.2 Å². The molecule has 0 aromatic carbocycles. The number of amides is 1. The quantitative estimate of drug-likeness (QED) is 0.792. The number of rotatable bonds is 1. The Labute approximate surface area is 131 Å². The van der Waals surface area contributed by atoms with Crippen molar-refractivity contribution in [2.24, 2.45) is 7.05 Å². The van der Waals surface area contributed by atoms with Gasteiger partial charge in [-0.25, -0.2) is 5.01 Å². The molecular formula is C14H23N5OS. The van der Waals surface area contributed by atoms with Gasteiger partial charge in [-0.15, -0.1) is 0 Å². The van der Waals surface area contributed by atoms with Crippen molar-refractivity contribution in [2.45, 2.75) is 32.6 Å². The van der Waals surface area contributed by atoms with Gasteiger partial charge in [-0.2, -0.15) is 5.10 Å². The SMILES string of the molecule is CNC(=S)N1CCCN1C(=O)c1cc(C(C)(C)C)nn1C. The minimum absolute atomic E-state index is 0.0596. The van der Waals surface area contributed by atoms with Gasteiger partial charge >= 0.3 is 0 Å². The van der Waals surface area contributed by atoms with Crippen molar-refractivity contribution < 1.29 is 4.79 Å². The first-order chi connectivity index (χ1) is 9.75. The Morgan fingerprint density at radius 1 is 1.33 bits per heavy atom. The van der Waals surface area contributed by atoms with E-state index in [1.165, 1.54) is 0 Å². The molecule has 1 aromatic heterocycles. The minimum atomic E-state index is -0.0821. The molecule has 1 amide bonds. The van der Waals surface area contributed by atoms with Crippen LogP contribution in [0.2, 0.25) is 0 Å². The van der Waals surface area contributed by atoms with Gasteiger partial charge < -0.3 is 5.32 Å². The highest BCUT2D eigenvalue weighted by Gasteiger charge is 2.31. The molecule has 116 valence electrons. The lowest BCUT2D eigenvalue weighted by Crippen LogP contribution is -2.48. The molecule has 21 heavy (non-hydrogen) atoms. The maximum Gasteiger partial charge on any atom is 0.290 e. The third kappa shape index (κ3) is 3.02. The van der Waals surface area contributed by atoms with Crippen LogP contribution in [0.25, 0.3) is 0 Å². The van der Waals surface area contributed by atoms with Crippen LogP contribution in [0.1, 0.15) is 43.4 Å². The summed E-state index contributed by atoms with van der Waals surface area (Å²) in [6, 6.07) is 1.88. The number of hydrogen-bond donors (Lipinski definition) is 1. The fraction of sp³-hybridized carbons (Fsp3) is 0.643. The first-order valence-electron chi connectivity index (χ1n) is 7.11. The zero-order chi connectivity index (χ0) is 15.8. The summed E-state index contributed by atoms with van der Waals surface area (Å²) in [7, 11) is 3.57. The van der Waals surface area contributed by atoms with E-state index in [1.54, 1.807) is 23.8 Å². The Morgan fingerprint density at radius 3 is 2.48 bits per heavy atom. The molecule has 2 heterocycles. The van der Waals surface area contributed by atoms with E-state index in [9.17, 15) is 4.79 Å². The van der Waals surface area contributed by atoms with Gasteiger partial charge in [-0.05, 0) is 24.7 Å². The second kappa shape index (κ2) is 5.63. The van der Waals surface area contributed by atoms with Crippen molar-refractivity contribution in [3.63, 3.8) is 0 Å². The van der Waals surface area contributed by atoms with Crippen molar-refractivity contribution in [1.29, 1.82) is 0 Å². The van der Waals surface area contributed by atoms with Gasteiger partial charge in [0, 0.05) is 32.6 Å². The molecule has 0 bridgehead atoms. The van der Waals surface area contributed by atoms with Crippen LogP contribution < -0.4 is 5.32 Å². The van der Waals surface area contributed by atoms with Gasteiger partial charge in [-0.1, -0.05) is 20.8 Å². The second-order valence-electron chi connectivity index (χ2n) is 6.25. The predicted octanol–water partition coefficient (Wildman–Crippen LogP) is 1.28. The lowest BCUT2D eigenvalue weighted by Gasteiger charge is -2.29. The second-order valence-corrected chi connectivity index (χ2v) is 6.64. The maximum atomic E-state index is 12.8. The summed E-state index contributed by atoms with van der Waals surface area (Å²) in [5, 5.41) is 11.5. The third-order valence-electron chi connectivity index (χ3n) is 3.58. The Morgan fingerprint density at radius 2 is 1.95 bits per heavy atom. The molecule has 0 radical (unpaired) electrons. The molecule has 1 aliphatic rings. The van der Waals surface area contributed by atoms with Crippen LogP contribution in [0, 0.1) is 0 Å². The zero-order valence-electron chi connectivity index (χ0n) is 13.3. The lowest BCUT2D eigenvalue weighted by atomic mass is 9.92. The summed E-state index contributed by atoms with van der Waals surface area (Å²) >= 11 is 5.26. The van der Waals surface area contributed by atoms with Gasteiger partial charge in [0.1, 0.15) is 5.69 Å². The summed E-state index contributed by atoms with van der Waals surface area (Å²) < 4.78 is 1.65. The maximum absolute atomic E-state index is 12.8. The normalized spacial score (nSPS) is 15.5. The first-order valence-corrected chi connectivity index (χ1v) is 7.52. The molecule has 2 rings (SSSR count). The molecule has 7 heteroatoms. The van der Waals surface area contributed by atoms with Crippen LogP contribution in [-0.2, 0) is 12.5 Å². The highest BCUT2D eigenvalue weighted by atomic mass is 32.1. The zero-order valence-corrected chi connectivity index (χ0v) is 14.1. The van der Waals surface area contributed by atoms with E-state index in [-0.39, 0.29) is 11.3 Å². The van der Waals surface area contributed by atoms with Crippen LogP contribution in [-0.4, -0.2) is 51.0 Å². The number of carbonyl (C=O) groups excluding carboxylic acids is 1. The summed E-state index contributed by atoms with van der Waals surface area (Å²) in [6.07, 6.45) is 0.914. The van der Waals surface area contributed by atoms with Crippen molar-refractivity contribution in [3.05, 3.63) is 17.5 Å². The molecule has 0 unspecified atom stereocenters. The van der Waals surface area contributed by atoms with Gasteiger partial charge in [0.05, 0.1) is 5.69 Å². The molecule has 6 nitrogen and oxygen atoms in total. The lowest BCUT2D eigenvalue weighted by molar-refractivity contribution is 0.0481. The molecule has 1 N–H and O–H groups in total. The van der Waals surface area contributed by atoms with Crippen molar-refractivity contribution >= 4 is 23.2 Å². The molecule has 0 atom stereocenters. The molecule has 1 saturated heterocycles. The highest BCUT2D eigenvalue weighted by Crippen LogP contribution is 2.23. The molecule has 0 saturated carbocycles. The fourth-order valence-corrected chi connectivity index (χ4v) is 2.52. The van der Waals surface area contributed by atoms with E-state index >= 15 is 0 Å². The Hall–Kier alpha value is -1.63. The molecule has 0 aliphatic carbocycles. The van der Waals surface area contributed by atoms with E-state index in [1.807, 2.05) is 11.1 Å². The van der Waals surface area contributed by atoms with Crippen LogP contribution in [0.5, 0.6) is 0 Å². The van der Waals surface area contributed by atoms with Crippen LogP contribution in [0.4, 0.5) is 0 Å². The summed E-state index contributed by atoms with van der Waals surface area (Å²) in [4.78, 5) is 12.8. The molecule has 1 aromatic rings. The molecular weight excluding hydrogens is 286 g/mol. The standard InChI is InChI=1S/C14H23N5OS/c1-14(2,3)11-9-10(17(5)16-11)12(20)18-7-6-8-19(18)13(21)15-4/h9H,6-8H2,1-5H3,(H,15,21). The summed E-state index contributed by atoms with van der Waals surface area (Å²) in [6.45, 7) is 7.69. The van der Waals surface area contributed by atoms with E-state index in [0.717, 1.165) is 18.7 Å². The average molecular weight is 309 g/mol. The van der Waals surface area contributed by atoms with E-state index < -0.39 is 0 Å². The number of aromatic nitrogens is 2. The van der Waals surface area contributed by atoms with E-state index in [0.29, 0.717) is 17.4 Å². The number of aryl methyl sites for hydroxylation is 1. The van der Waals surface area contributed by atoms with Gasteiger partial charge in [0.25, 0.3) is 5.91 Å². The highest BCUT2D eigenvalue weighted by molar-refractivity contribution is 7.80. The van der Waals surface area contributed by atoms with Crippen molar-refractivity contribution in [1.82, 2.24) is 25.1 Å². The summed E-state index contributed by atoms with van der Waals surface area (Å²) in [5.74, 6) is -0.0596. The Kier molecular flexibility index (Phi) is 4.22. The average Bonchev–Trinajstić information content (AvgIpc) is 3.02. The number of nitrogens with one attached hydrogen (secondary N) is 1. The Bertz CT molecular complexity index is 560. The van der Waals surface area contributed by atoms with Gasteiger partial charge in [-0.3, -0.25) is 14.5 Å². The first kappa shape index (κ1) is 15.8. The van der Waals surface area contributed by atoms with Crippen molar-refractivity contribution in [2.75, 3.05) is 20.1 Å². The van der Waals surface area contributed by atoms with Gasteiger partial charge in [0.15, 0.2) is 5.11 Å². The Balaban J connectivity index is 2.28. The van der Waals surface area contributed by atoms with Gasteiger partial charge in [0.2, 0.25) is 0 Å². The monoisotopic (exact) mass is 309 g/mol. The fourth-order valence-electron chi connectivity index (χ4n) is 2.33. The van der Waals surface area contributed by atoms with Crippen LogP contribution >= 0.6 is 12.2 Å². The molecule has 1 fully saturated rings. The topological polar surface area (TPSA) is 53.4 Å². The number of hydrazine groups is 1. The smallest absolute Gasteiger partial charge is 0.290 e. The van der Waals surface area contributed by atoms with Crippen LogP contribution in [0.15, 0.2) is 6.07 Å². The number of hydrogen-bond acceptors (Lipinski definition) is 3. The minimum Gasteiger partial charge on any atom is -0.364 e. The third-order valence-corrected chi connectivity index (χ3v) is 4.00. The molecule has 1 aliphatic heterocycles. The van der Waals surface area contributed by atoms with Crippen molar-refractivity contribution in [3.8, 4) is 0 Å².